The molecule has 0 fully saturated rings. The zero-order valence-electron chi connectivity index (χ0n) is 15.7. The molecule has 1 atom stereocenters. The quantitative estimate of drug-likeness (QED) is 0.592. The first-order chi connectivity index (χ1) is 13.1. The van der Waals surface area contributed by atoms with E-state index in [9.17, 15) is 4.79 Å². The summed E-state index contributed by atoms with van der Waals surface area (Å²) in [7, 11) is 0. The van der Waals surface area contributed by atoms with E-state index in [1.54, 1.807) is 0 Å². The number of rotatable bonds is 1. The summed E-state index contributed by atoms with van der Waals surface area (Å²) in [5.74, 6) is 0.828. The molecular formula is C23H23NO3. The van der Waals surface area contributed by atoms with Crippen LogP contribution in [-0.4, -0.2) is 11.6 Å². The average Bonchev–Trinajstić information content (AvgIpc) is 2.71. The van der Waals surface area contributed by atoms with Gasteiger partial charge in [0.15, 0.2) is 0 Å². The van der Waals surface area contributed by atoms with Crippen LogP contribution in [0.25, 0.3) is 11.0 Å². The lowest BCUT2D eigenvalue weighted by atomic mass is 9.86. The Morgan fingerprint density at radius 2 is 1.93 bits per heavy atom. The van der Waals surface area contributed by atoms with Gasteiger partial charge in [-0.05, 0) is 61.9 Å². The van der Waals surface area contributed by atoms with Crippen LogP contribution in [0.1, 0.15) is 46.7 Å². The molecule has 0 N–H and O–H groups in total. The summed E-state index contributed by atoms with van der Waals surface area (Å²) in [6.07, 6.45) is 3.46. The van der Waals surface area contributed by atoms with Crippen LogP contribution in [-0.2, 0) is 13.0 Å². The zero-order chi connectivity index (χ0) is 18.5. The second-order valence-corrected chi connectivity index (χ2v) is 7.69. The molecule has 4 nitrogen and oxygen atoms in total. The van der Waals surface area contributed by atoms with Gasteiger partial charge in [-0.25, -0.2) is 4.79 Å². The minimum Gasteiger partial charge on any atom is -0.478 e. The Morgan fingerprint density at radius 3 is 2.81 bits per heavy atom. The minimum atomic E-state index is -0.256. The number of hydrogen-bond donors (Lipinski definition) is 0. The molecule has 2 heterocycles. The third-order valence-corrected chi connectivity index (χ3v) is 6.21. The third-order valence-electron chi connectivity index (χ3n) is 6.21. The summed E-state index contributed by atoms with van der Waals surface area (Å²) in [5.41, 5.74) is 5.92. The van der Waals surface area contributed by atoms with Gasteiger partial charge in [-0.2, -0.15) is 0 Å². The molecule has 1 aliphatic heterocycles. The van der Waals surface area contributed by atoms with Gasteiger partial charge in [-0.3, -0.25) is 4.90 Å². The van der Waals surface area contributed by atoms with Gasteiger partial charge in [-0.1, -0.05) is 24.3 Å². The molecule has 0 saturated heterocycles. The number of ether oxygens (including phenoxy) is 1. The lowest BCUT2D eigenvalue weighted by Gasteiger charge is -2.38. The number of benzene rings is 2. The highest BCUT2D eigenvalue weighted by molar-refractivity contribution is 5.85. The molecule has 0 unspecified atom stereocenters. The van der Waals surface area contributed by atoms with E-state index in [0.29, 0.717) is 23.9 Å². The van der Waals surface area contributed by atoms with Gasteiger partial charge in [0.05, 0.1) is 5.56 Å². The molecule has 0 amide bonds. The third kappa shape index (κ3) is 2.59. The molecule has 3 aromatic rings. The van der Waals surface area contributed by atoms with Gasteiger partial charge in [0.1, 0.15) is 18.1 Å². The number of aryl methyl sites for hydroxylation is 2. The Hall–Kier alpha value is -2.59. The molecule has 27 heavy (non-hydrogen) atoms. The fraction of sp³-hybridized carbons (Fsp3) is 0.348. The number of fused-ring (bicyclic) bond motifs is 4. The van der Waals surface area contributed by atoms with E-state index < -0.39 is 0 Å². The average molecular weight is 361 g/mol. The summed E-state index contributed by atoms with van der Waals surface area (Å²) in [6.45, 7) is 5.10. The van der Waals surface area contributed by atoms with Gasteiger partial charge in [0.2, 0.25) is 0 Å². The number of nitrogens with zero attached hydrogens (tertiary/aromatic N) is 1. The normalized spacial score (nSPS) is 19.4. The first-order valence-electron chi connectivity index (χ1n) is 9.64. The Kier molecular flexibility index (Phi) is 3.83. The van der Waals surface area contributed by atoms with Crippen molar-refractivity contribution in [3.05, 3.63) is 74.6 Å². The molecule has 138 valence electrons. The number of hydrogen-bond acceptors (Lipinski definition) is 4. The summed E-state index contributed by atoms with van der Waals surface area (Å²) >= 11 is 0. The van der Waals surface area contributed by atoms with Crippen LogP contribution < -0.4 is 10.4 Å². The van der Waals surface area contributed by atoms with Crippen LogP contribution in [0.15, 0.2) is 45.6 Å². The van der Waals surface area contributed by atoms with Crippen LogP contribution in [0.4, 0.5) is 0 Å². The monoisotopic (exact) mass is 361 g/mol. The van der Waals surface area contributed by atoms with Crippen molar-refractivity contribution in [2.24, 2.45) is 0 Å². The predicted octanol–water partition coefficient (Wildman–Crippen LogP) is 4.64. The molecule has 1 aliphatic carbocycles. The SMILES string of the molecule is Cc1c(C)c2ccc3c(c2oc1=O)CN([C@H]1CCCc2ccccc21)CO3. The predicted molar refractivity (Wildman–Crippen MR) is 105 cm³/mol. The maximum absolute atomic E-state index is 12.3. The smallest absolute Gasteiger partial charge is 0.339 e. The van der Waals surface area contributed by atoms with E-state index in [1.807, 2.05) is 26.0 Å². The molecule has 2 aromatic carbocycles. The lowest BCUT2D eigenvalue weighted by molar-refractivity contribution is 0.0482. The van der Waals surface area contributed by atoms with Gasteiger partial charge < -0.3 is 9.15 Å². The van der Waals surface area contributed by atoms with Crippen LogP contribution in [0.3, 0.4) is 0 Å². The van der Waals surface area contributed by atoms with E-state index in [1.165, 1.54) is 17.5 Å². The van der Waals surface area contributed by atoms with Crippen molar-refractivity contribution in [3.8, 4) is 5.75 Å². The Balaban J connectivity index is 1.59. The summed E-state index contributed by atoms with van der Waals surface area (Å²) < 4.78 is 11.8. The first kappa shape index (κ1) is 16.6. The highest BCUT2D eigenvalue weighted by atomic mass is 16.5. The van der Waals surface area contributed by atoms with E-state index in [2.05, 4.69) is 29.2 Å². The summed E-state index contributed by atoms with van der Waals surface area (Å²) in [4.78, 5) is 14.6. The minimum absolute atomic E-state index is 0.256. The highest BCUT2D eigenvalue weighted by Gasteiger charge is 2.30. The van der Waals surface area contributed by atoms with E-state index in [4.69, 9.17) is 9.15 Å². The molecule has 0 saturated carbocycles. The second kappa shape index (κ2) is 6.24. The van der Waals surface area contributed by atoms with Crippen molar-refractivity contribution >= 4 is 11.0 Å². The highest BCUT2D eigenvalue weighted by Crippen LogP contribution is 2.40. The Labute approximate surface area is 158 Å². The van der Waals surface area contributed by atoms with Crippen molar-refractivity contribution in [2.75, 3.05) is 6.73 Å². The lowest BCUT2D eigenvalue weighted by Crippen LogP contribution is -2.37. The topological polar surface area (TPSA) is 42.7 Å². The van der Waals surface area contributed by atoms with E-state index in [0.717, 1.165) is 41.6 Å². The summed E-state index contributed by atoms with van der Waals surface area (Å²) in [6, 6.07) is 13.1. The molecule has 1 aromatic heterocycles. The molecule has 0 spiro atoms. The van der Waals surface area contributed by atoms with Crippen molar-refractivity contribution in [2.45, 2.75) is 45.7 Å². The van der Waals surface area contributed by atoms with E-state index in [-0.39, 0.29) is 5.63 Å². The molecular weight excluding hydrogens is 338 g/mol. The second-order valence-electron chi connectivity index (χ2n) is 7.69. The van der Waals surface area contributed by atoms with Gasteiger partial charge >= 0.3 is 5.63 Å². The maximum Gasteiger partial charge on any atom is 0.339 e. The van der Waals surface area contributed by atoms with Crippen LogP contribution >= 0.6 is 0 Å². The fourth-order valence-electron chi connectivity index (χ4n) is 4.54. The molecule has 0 bridgehead atoms. The maximum atomic E-state index is 12.3. The Bertz CT molecular complexity index is 1100. The van der Waals surface area contributed by atoms with Crippen LogP contribution in [0.5, 0.6) is 5.75 Å². The molecule has 4 heteroatoms. The van der Waals surface area contributed by atoms with Crippen molar-refractivity contribution < 1.29 is 9.15 Å². The molecule has 2 aliphatic rings. The zero-order valence-corrected chi connectivity index (χ0v) is 15.7. The van der Waals surface area contributed by atoms with Gasteiger partial charge in [0, 0.05) is 23.5 Å². The van der Waals surface area contributed by atoms with Crippen molar-refractivity contribution in [3.63, 3.8) is 0 Å². The Morgan fingerprint density at radius 1 is 1.07 bits per heavy atom. The standard InChI is InChI=1S/C23H23NO3/c1-14-15(2)23(25)27-22-17(14)10-11-21-19(22)12-24(13-26-21)20-9-5-7-16-6-3-4-8-18(16)20/h3-4,6,8,10-11,20H,5,7,9,12-13H2,1-2H3/t20-/m0/s1. The van der Waals surface area contributed by atoms with Crippen molar-refractivity contribution in [1.29, 1.82) is 0 Å². The first-order valence-corrected chi connectivity index (χ1v) is 9.64. The molecule has 5 rings (SSSR count). The van der Waals surface area contributed by atoms with Gasteiger partial charge in [-0.15, -0.1) is 0 Å². The van der Waals surface area contributed by atoms with Crippen molar-refractivity contribution in [1.82, 2.24) is 4.90 Å². The summed E-state index contributed by atoms with van der Waals surface area (Å²) in [5, 5.41) is 1.00. The van der Waals surface area contributed by atoms with E-state index >= 15 is 0 Å². The van der Waals surface area contributed by atoms with Crippen LogP contribution in [0.2, 0.25) is 0 Å². The van der Waals surface area contributed by atoms with Crippen LogP contribution in [0, 0.1) is 13.8 Å². The molecule has 0 radical (unpaired) electrons. The van der Waals surface area contributed by atoms with Gasteiger partial charge in [0.25, 0.3) is 0 Å². The largest absolute Gasteiger partial charge is 0.478 e. The fourth-order valence-corrected chi connectivity index (χ4v) is 4.54.